The highest BCUT2D eigenvalue weighted by molar-refractivity contribution is 8.23. The quantitative estimate of drug-likeness (QED) is 0.0278. The Morgan fingerprint density at radius 2 is 0.625 bits per heavy atom. The molecule has 0 aromatic heterocycles. The second-order valence-corrected chi connectivity index (χ2v) is 40.8. The van der Waals surface area contributed by atoms with Crippen LogP contribution in [0.2, 0.25) is 0 Å². The van der Waals surface area contributed by atoms with Crippen LogP contribution in [0.15, 0.2) is 250 Å². The predicted octanol–water partition coefficient (Wildman–Crippen LogP) is 6.11. The molecule has 10 aromatic rings. The molecule has 4 amide bonds. The van der Waals surface area contributed by atoms with Crippen LogP contribution in [-0.2, 0) is 114 Å². The van der Waals surface area contributed by atoms with Crippen LogP contribution in [0.1, 0.15) is 97.2 Å². The van der Waals surface area contributed by atoms with Crippen LogP contribution in [0.4, 0.5) is 37.1 Å². The van der Waals surface area contributed by atoms with Gasteiger partial charge in [-0.15, -0.1) is 0 Å². The summed E-state index contributed by atoms with van der Waals surface area (Å²) >= 11 is 0. The van der Waals surface area contributed by atoms with Crippen molar-refractivity contribution in [1.29, 1.82) is 0 Å². The SMILES string of the molecule is C.Cc1ccc(S(=O)(=O)NC(=O)N2CCc3ccc(NS(=O)(=O)c4ccc(C)cc4)cc3CC2)cc1.Cc1ccc(S(=O)(=O)Nc2ccc3c(c2)CCN(C(=O)OCc2ccccc2)CC3)cc1.Cc1ccc(S(=O)(=O)Nc2ccc3c(c2)CCNCC3)cc1.Nc1ccc2c(c1)CCN(C(=O)OCc1ccccc1)CC2.[2H][2H].[2H][2H].[2H][2H].[2H][2H].[B]B([B])B([B])B(B([B])[B])B(B(B([B])[B])B([B])[B])B(B([B])[B])B([B])[B]. The second kappa shape index (κ2) is 51.4. The average Bonchev–Trinajstić information content (AvgIpc) is 1.65. The van der Waals surface area contributed by atoms with E-state index in [1.807, 2.05) is 137 Å². The number of urea groups is 1. The van der Waals surface area contributed by atoms with E-state index in [-0.39, 0.29) is 45.8 Å². The Bertz CT molecular complexity index is 6120. The Labute approximate surface area is 840 Å². The van der Waals surface area contributed by atoms with Crippen molar-refractivity contribution >= 4 is 252 Å². The molecule has 0 aliphatic carbocycles. The smallest absolute Gasteiger partial charge is 0.410 e. The fourth-order valence-electron chi connectivity index (χ4n) is 16.3. The normalized spacial score (nSPS) is 13.4. The Balaban J connectivity index is 0.000000314. The minimum absolute atomic E-state index is 0. The summed E-state index contributed by atoms with van der Waals surface area (Å²) in [5.74, 6) is 0. The fraction of sp³-hybridized carbons (Fsp3) is 0.267. The largest absolute Gasteiger partial charge is 0.445 e. The van der Waals surface area contributed by atoms with Crippen LogP contribution in [0.3, 0.4) is 0 Å². The van der Waals surface area contributed by atoms with Gasteiger partial charge in [0.25, 0.3) is 40.1 Å². The highest BCUT2D eigenvalue weighted by Crippen LogP contribution is 2.29. The number of hydrogen-bond acceptors (Lipinski definition) is 15. The Morgan fingerprint density at radius 1 is 0.346 bits per heavy atom. The Morgan fingerprint density at radius 3 is 0.949 bits per heavy atom. The van der Waals surface area contributed by atoms with E-state index in [0.717, 1.165) is 100 Å². The number of sulfonamides is 4. The molecule has 50 heteroatoms. The molecule has 0 unspecified atom stereocenters. The van der Waals surface area contributed by atoms with E-state index in [2.05, 4.69) is 30.3 Å². The van der Waals surface area contributed by atoms with Gasteiger partial charge in [-0.3, -0.25) is 14.2 Å². The van der Waals surface area contributed by atoms with Crippen molar-refractivity contribution in [1.82, 2.24) is 24.7 Å². The van der Waals surface area contributed by atoms with Crippen molar-refractivity contribution in [3.8, 4) is 0 Å². The van der Waals surface area contributed by atoms with Gasteiger partial charge < -0.3 is 35.2 Å². The first-order valence-electron chi connectivity index (χ1n) is 48.4. The van der Waals surface area contributed by atoms with E-state index in [4.69, 9.17) is 128 Å². The number of benzene rings is 10. The summed E-state index contributed by atoms with van der Waals surface area (Å²) < 4.78 is 162. The van der Waals surface area contributed by atoms with E-state index >= 15 is 0 Å². The number of ether oxygens (including phenoxy) is 2. The molecule has 4 aliphatic rings. The van der Waals surface area contributed by atoms with Crippen molar-refractivity contribution in [3.63, 3.8) is 0 Å². The molecule has 0 saturated carbocycles. The van der Waals surface area contributed by atoms with Gasteiger partial charge in [-0.1, -0.05) is 163 Å². The number of nitrogens with one attached hydrogen (secondary N) is 5. The lowest BCUT2D eigenvalue weighted by atomic mass is 8.35. The number of nitrogens with two attached hydrogens (primary N) is 1. The standard InChI is InChI=1S/C25H27N3O5S2.C25H26N2O4S.C18H20N2O2.C17H20N2O2S.CH4.B24.4H2/c1-18-3-9-23(10-4-18)34(30,31)26-22-8-7-20-13-15-28(16-14-21(20)17-22)25(29)27-35(32,33)24-11-5-19(2)6-12-24;1-19-7-11-24(12-8-19)32(29,30)26-23-10-9-21-13-15-27(16-14-22(21)17-23)25(28)31-18-20-5-3-2-4-6-20;19-17-7-6-15-8-10-20(11-9-16(15)12-17)18(21)22-13-14-4-2-1-3-5-14;1-13-2-6-17(7-3-13)22(20,21)19-16-5-4-14-8-10-18-11-9-15(14)12-16;;1-14(2)20(13)23(19(11)12)24(21(15(3)4)16(5)6)22(17(7)8)18(9)10;;;;/h3-12,17,26H,13-16H2,1-2H3,(H,27,29);2-12,17,26H,13-16,18H2,1H3;1-7,12H,8-11,13,19H2;2-7,12,18-19H,8-11H2,1H3;1H4;;4*1H/i;;;;;;4*1+1D. The Hall–Kier alpha value is -9.47. The predicted molar refractivity (Wildman–Crippen MR) is 587 cm³/mol. The molecular formula is C86H105B24N9O13S4. The first-order valence-corrected chi connectivity index (χ1v) is 50.3. The van der Waals surface area contributed by atoms with Crippen LogP contribution >= 0.6 is 0 Å². The lowest BCUT2D eigenvalue weighted by molar-refractivity contribution is 0.0970. The summed E-state index contributed by atoms with van der Waals surface area (Å²) in [6, 6.07) is 67.8. The molecule has 0 bridgehead atoms. The summed E-state index contributed by atoms with van der Waals surface area (Å²) in [6.45, 7) is 13.1. The Kier molecular flexibility index (Phi) is 39.3. The van der Waals surface area contributed by atoms with E-state index in [0.29, 0.717) is 88.6 Å². The third-order valence-corrected chi connectivity index (χ3v) is 29.4. The molecule has 4 heterocycles. The van der Waals surface area contributed by atoms with Gasteiger partial charge in [-0.05, 0) is 245 Å². The first kappa shape index (κ1) is 104. The molecule has 0 atom stereocenters. The maximum absolute atomic E-state index is 12.7. The number of fused-ring (bicyclic) bond motifs is 4. The molecule has 0 spiro atoms. The van der Waals surface area contributed by atoms with Crippen LogP contribution in [0, 0.1) is 27.7 Å². The second-order valence-electron chi connectivity index (χ2n) is 34.1. The van der Waals surface area contributed by atoms with Gasteiger partial charge in [0.15, 0.2) is 0 Å². The van der Waals surface area contributed by atoms with Gasteiger partial charge >= 0.3 is 18.2 Å². The van der Waals surface area contributed by atoms with Gasteiger partial charge in [0.1, 0.15) is 13.2 Å². The maximum Gasteiger partial charge on any atom is 0.410 e. The zero-order valence-corrected chi connectivity index (χ0v) is 79.6. The van der Waals surface area contributed by atoms with Crippen molar-refractivity contribution in [3.05, 3.63) is 308 Å². The number of carbonyl (C=O) groups is 3. The van der Waals surface area contributed by atoms with Crippen molar-refractivity contribution in [2.45, 2.75) is 119 Å². The lowest BCUT2D eigenvalue weighted by Crippen LogP contribution is -2.84. The number of aryl methyl sites for hydroxylation is 4. The molecule has 0 fully saturated rings. The molecule has 668 valence electrons. The van der Waals surface area contributed by atoms with Crippen LogP contribution < -0.4 is 29.9 Å². The zero-order valence-electron chi connectivity index (χ0n) is 84.4. The molecule has 26 radical (unpaired) electrons. The molecule has 4 aliphatic heterocycles. The number of nitrogen functional groups attached to an aromatic ring is 1. The number of rotatable bonds is 25. The summed E-state index contributed by atoms with van der Waals surface area (Å²) in [7, 11) is 61.3. The minimum atomic E-state index is -3.98. The number of hydrogen-bond donors (Lipinski definition) is 6. The number of amides is 4. The maximum atomic E-state index is 12.7. The van der Waals surface area contributed by atoms with E-state index in [1.54, 1.807) is 113 Å². The van der Waals surface area contributed by atoms with Gasteiger partial charge in [0, 0.05) is 245 Å². The highest BCUT2D eigenvalue weighted by Gasteiger charge is 2.48. The van der Waals surface area contributed by atoms with Crippen molar-refractivity contribution in [2.75, 3.05) is 72.3 Å². The average molecular weight is 1870 g/mol. The first-order chi connectivity index (χ1) is 68.0. The molecule has 22 nitrogen and oxygen atoms in total. The van der Waals surface area contributed by atoms with Gasteiger partial charge in [0.05, 0.1) is 19.6 Å². The summed E-state index contributed by atoms with van der Waals surface area (Å²) in [5, 5.41) is 3.35. The molecule has 136 heavy (non-hydrogen) atoms. The van der Waals surface area contributed by atoms with Crippen molar-refractivity contribution in [2.24, 2.45) is 0 Å². The minimum Gasteiger partial charge on any atom is -0.445 e. The molecular weight excluding hydrogens is 1750 g/mol. The molecule has 14 rings (SSSR count). The fourth-order valence-corrected chi connectivity index (χ4v) is 20.5. The molecule has 7 N–H and O–H groups in total. The third-order valence-electron chi connectivity index (χ3n) is 23.9. The number of nitrogens with zero attached hydrogens (tertiary/aromatic N) is 3. The van der Waals surface area contributed by atoms with E-state index in [9.17, 15) is 48.1 Å². The monoisotopic (exact) mass is 1870 g/mol. The van der Waals surface area contributed by atoms with Crippen LogP contribution in [0.5, 0.6) is 0 Å². The van der Waals surface area contributed by atoms with Crippen LogP contribution in [0.25, 0.3) is 0 Å². The number of anilines is 4. The summed E-state index contributed by atoms with van der Waals surface area (Å²) in [4.78, 5) is 43.1. The highest BCUT2D eigenvalue weighted by atomic mass is 32.2. The van der Waals surface area contributed by atoms with Gasteiger partial charge in [-0.25, -0.2) is 52.8 Å². The van der Waals surface area contributed by atoms with Crippen LogP contribution in [-0.4, -0.2) is 290 Å². The summed E-state index contributed by atoms with van der Waals surface area (Å²) in [5.41, 5.74) is 23.1. The van der Waals surface area contributed by atoms with E-state index < -0.39 is 116 Å². The van der Waals surface area contributed by atoms with Gasteiger partial charge in [0.2, 0.25) is 0 Å². The lowest BCUT2D eigenvalue weighted by Gasteiger charge is -2.46. The van der Waals surface area contributed by atoms with Gasteiger partial charge in [-0.2, -0.15) is 0 Å². The molecule has 10 aromatic carbocycles. The topological polar surface area (TPSA) is 302 Å². The number of carbonyl (C=O) groups excluding carboxylic acids is 3. The zero-order chi connectivity index (χ0) is 106. The third kappa shape index (κ3) is 32.3. The molecule has 0 saturated heterocycles. The van der Waals surface area contributed by atoms with E-state index in [1.165, 1.54) is 39.3 Å². The van der Waals surface area contributed by atoms with Crippen molar-refractivity contribution < 1.29 is 69.4 Å². The summed E-state index contributed by atoms with van der Waals surface area (Å²) in [6.07, 6.45) is -4.24.